The van der Waals surface area contributed by atoms with Crippen LogP contribution in [0.5, 0.6) is 0 Å². The van der Waals surface area contributed by atoms with Crippen molar-refractivity contribution < 1.29 is 0 Å². The lowest BCUT2D eigenvalue weighted by atomic mass is 10.0. The smallest absolute Gasteiger partial charge is 0.124 e. The summed E-state index contributed by atoms with van der Waals surface area (Å²) in [6.07, 6.45) is 10.3. The van der Waals surface area contributed by atoms with Crippen LogP contribution in [0.3, 0.4) is 0 Å². The maximum atomic E-state index is 7.13. The van der Waals surface area contributed by atoms with Crippen LogP contribution >= 0.6 is 23.2 Å². The van der Waals surface area contributed by atoms with Crippen LogP contribution in [0, 0.1) is 0 Å². The monoisotopic (exact) mass is 668 g/mol. The number of piperidine rings is 1. The second-order valence-corrected chi connectivity index (χ2v) is 14.7. The van der Waals surface area contributed by atoms with Crippen LogP contribution in [0.2, 0.25) is 10.0 Å². The average Bonchev–Trinajstić information content (AvgIpc) is 3.93. The zero-order chi connectivity index (χ0) is 31.5. The van der Waals surface area contributed by atoms with Crippen LogP contribution in [0.25, 0.3) is 22.1 Å². The number of hydrogen-bond acceptors (Lipinski definition) is 6. The largest absolute Gasteiger partial charge is 0.369 e. The molecular weight excluding hydrogens is 627 g/mol. The summed E-state index contributed by atoms with van der Waals surface area (Å²) in [5.41, 5.74) is 8.83. The Bertz CT molecular complexity index is 1790. The number of H-pyrrole nitrogens is 2. The average molecular weight is 670 g/mol. The molecule has 0 spiro atoms. The molecule has 0 unspecified atom stereocenters. The highest BCUT2D eigenvalue weighted by Crippen LogP contribution is 2.50. The van der Waals surface area contributed by atoms with Gasteiger partial charge in [0.2, 0.25) is 0 Å². The van der Waals surface area contributed by atoms with Crippen molar-refractivity contribution >= 4 is 56.6 Å². The maximum absolute atomic E-state index is 7.13. The molecule has 4 N–H and O–H groups in total. The second-order valence-electron chi connectivity index (χ2n) is 13.9. The Morgan fingerprint density at radius 3 is 1.64 bits per heavy atom. The van der Waals surface area contributed by atoms with Crippen molar-refractivity contribution in [2.45, 2.75) is 82.0 Å². The molecule has 4 saturated heterocycles. The molecule has 8 nitrogen and oxygen atoms in total. The molecule has 47 heavy (non-hydrogen) atoms. The Hall–Kier alpha value is -3.30. The third-order valence-corrected chi connectivity index (χ3v) is 11.5. The minimum Gasteiger partial charge on any atom is -0.369 e. The Labute approximate surface area is 285 Å². The number of anilines is 2. The van der Waals surface area contributed by atoms with E-state index in [1.54, 1.807) is 0 Å². The Kier molecular flexibility index (Phi) is 7.80. The summed E-state index contributed by atoms with van der Waals surface area (Å²) in [6.45, 7) is 4.10. The summed E-state index contributed by atoms with van der Waals surface area (Å²) in [4.78, 5) is 22.1. The number of fused-ring (bicyclic) bond motifs is 2. The summed E-state index contributed by atoms with van der Waals surface area (Å²) >= 11 is 14.3. The van der Waals surface area contributed by atoms with Crippen molar-refractivity contribution in [3.05, 3.63) is 81.4 Å². The zero-order valence-corrected chi connectivity index (χ0v) is 28.2. The first-order valence-electron chi connectivity index (χ1n) is 17.6. The fourth-order valence-electron chi connectivity index (χ4n) is 8.62. The van der Waals surface area contributed by atoms with Gasteiger partial charge in [0.25, 0.3) is 0 Å². The highest BCUT2D eigenvalue weighted by Gasteiger charge is 2.37. The van der Waals surface area contributed by atoms with Gasteiger partial charge in [0.05, 0.1) is 62.0 Å². The molecule has 0 radical (unpaired) electrons. The molecule has 10 heteroatoms. The molecule has 9 rings (SSSR count). The Morgan fingerprint density at radius 1 is 0.617 bits per heavy atom. The normalized spacial score (nSPS) is 25.1. The highest BCUT2D eigenvalue weighted by atomic mass is 35.5. The molecule has 4 aliphatic rings. The van der Waals surface area contributed by atoms with E-state index in [1.165, 1.54) is 43.2 Å². The molecule has 5 aromatic rings. The van der Waals surface area contributed by atoms with Crippen molar-refractivity contribution in [3.63, 3.8) is 0 Å². The summed E-state index contributed by atoms with van der Waals surface area (Å²) in [5.74, 6) is 2.09. The Balaban J connectivity index is 1.11. The van der Waals surface area contributed by atoms with Crippen LogP contribution in [0.4, 0.5) is 11.4 Å². The zero-order valence-electron chi connectivity index (χ0n) is 26.7. The number of halogens is 2. The molecule has 4 aliphatic heterocycles. The fraction of sp³-hybridized carbons (Fsp3) is 0.459. The standard InChI is InChI=1S/C37H42Cl2N8/c38-25-20-24(21-26(39)35(25)46-16-2-1-3-17-46)47-33(22-8-10-27-31(18-22)44-36(42-27)29-6-4-14-40-29)12-13-34(47)23-9-11-28-32(19-23)45-37(43-28)30-7-5-15-41-30/h8-11,18-21,29-30,33-34,40-41H,1-7,12-17H2,(H,42,44)(H,43,45)/t29-,30-,33+,34+/m0/s1. The first-order chi connectivity index (χ1) is 23.1. The fourth-order valence-corrected chi connectivity index (χ4v) is 9.34. The van der Waals surface area contributed by atoms with Crippen molar-refractivity contribution in [1.82, 2.24) is 30.6 Å². The molecule has 4 atom stereocenters. The van der Waals surface area contributed by atoms with E-state index in [0.29, 0.717) is 12.1 Å². The highest BCUT2D eigenvalue weighted by molar-refractivity contribution is 6.39. The van der Waals surface area contributed by atoms with Gasteiger partial charge in [-0.2, -0.15) is 0 Å². The SMILES string of the molecule is Clc1cc(N2[C@@H](c3ccc4nc([C@@H]5CCCN5)[nH]c4c3)CC[C@@H]2c2ccc3nc([C@@H]4CCCN4)[nH]c3c2)cc(Cl)c1N1CCCCC1. The van der Waals surface area contributed by atoms with E-state index in [1.807, 2.05) is 0 Å². The van der Waals surface area contributed by atoms with Gasteiger partial charge in [-0.05, 0) is 118 Å². The van der Waals surface area contributed by atoms with Gasteiger partial charge in [-0.15, -0.1) is 0 Å². The first kappa shape index (κ1) is 29.8. The van der Waals surface area contributed by atoms with Crippen LogP contribution in [0.1, 0.15) is 105 Å². The molecule has 0 amide bonds. The minimum absolute atomic E-state index is 0.157. The van der Waals surface area contributed by atoms with Gasteiger partial charge in [0.1, 0.15) is 11.6 Å². The number of benzene rings is 3. The molecular formula is C37H42Cl2N8. The predicted octanol–water partition coefficient (Wildman–Crippen LogP) is 8.67. The second kappa shape index (κ2) is 12.3. The van der Waals surface area contributed by atoms with Crippen LogP contribution in [-0.2, 0) is 0 Å². The summed E-state index contributed by atoms with van der Waals surface area (Å²) in [7, 11) is 0. The lowest BCUT2D eigenvalue weighted by Crippen LogP contribution is -2.30. The third-order valence-electron chi connectivity index (χ3n) is 11.0. The predicted molar refractivity (Wildman–Crippen MR) is 192 cm³/mol. The quantitative estimate of drug-likeness (QED) is 0.145. The van der Waals surface area contributed by atoms with Gasteiger partial charge >= 0.3 is 0 Å². The van der Waals surface area contributed by atoms with Crippen molar-refractivity contribution in [3.8, 4) is 0 Å². The summed E-state index contributed by atoms with van der Waals surface area (Å²) in [5, 5.41) is 8.63. The number of nitrogens with zero attached hydrogens (tertiary/aromatic N) is 4. The molecule has 244 valence electrons. The van der Waals surface area contributed by atoms with E-state index in [-0.39, 0.29) is 12.1 Å². The number of aromatic nitrogens is 4. The van der Waals surface area contributed by atoms with E-state index in [4.69, 9.17) is 33.2 Å². The van der Waals surface area contributed by atoms with Crippen LogP contribution in [-0.4, -0.2) is 46.1 Å². The Morgan fingerprint density at radius 2 is 1.15 bits per heavy atom. The van der Waals surface area contributed by atoms with E-state index in [2.05, 4.69) is 78.9 Å². The molecule has 3 aromatic carbocycles. The van der Waals surface area contributed by atoms with Crippen molar-refractivity contribution in [2.24, 2.45) is 0 Å². The van der Waals surface area contributed by atoms with Gasteiger partial charge in [0.15, 0.2) is 0 Å². The lowest BCUT2D eigenvalue weighted by molar-refractivity contribution is 0.578. The molecule has 0 aliphatic carbocycles. The summed E-state index contributed by atoms with van der Waals surface area (Å²) in [6, 6.07) is 18.7. The number of nitrogens with one attached hydrogen (secondary N) is 4. The molecule has 0 bridgehead atoms. The minimum atomic E-state index is 0.157. The van der Waals surface area contributed by atoms with Crippen molar-refractivity contribution in [1.29, 1.82) is 0 Å². The number of hydrogen-bond donors (Lipinski definition) is 4. The van der Waals surface area contributed by atoms with Gasteiger partial charge < -0.3 is 30.4 Å². The van der Waals surface area contributed by atoms with E-state index in [9.17, 15) is 0 Å². The summed E-state index contributed by atoms with van der Waals surface area (Å²) < 4.78 is 0. The van der Waals surface area contributed by atoms with E-state index >= 15 is 0 Å². The molecule has 2 aromatic heterocycles. The first-order valence-corrected chi connectivity index (χ1v) is 18.3. The van der Waals surface area contributed by atoms with Gasteiger partial charge in [-0.3, -0.25) is 0 Å². The van der Waals surface area contributed by atoms with Gasteiger partial charge in [-0.25, -0.2) is 9.97 Å². The molecule has 0 saturated carbocycles. The maximum Gasteiger partial charge on any atom is 0.124 e. The van der Waals surface area contributed by atoms with Crippen molar-refractivity contribution in [2.75, 3.05) is 36.0 Å². The number of imidazole rings is 2. The van der Waals surface area contributed by atoms with E-state index in [0.717, 1.165) is 107 Å². The van der Waals surface area contributed by atoms with Crippen LogP contribution < -0.4 is 20.4 Å². The topological polar surface area (TPSA) is 87.9 Å². The third kappa shape index (κ3) is 5.47. The molecule has 4 fully saturated rings. The number of rotatable bonds is 6. The van der Waals surface area contributed by atoms with Gasteiger partial charge in [-0.1, -0.05) is 35.3 Å². The lowest BCUT2D eigenvalue weighted by Gasteiger charge is -2.35. The molecule has 6 heterocycles. The van der Waals surface area contributed by atoms with E-state index < -0.39 is 0 Å². The number of aromatic amines is 2. The van der Waals surface area contributed by atoms with Crippen LogP contribution in [0.15, 0.2) is 48.5 Å². The van der Waals surface area contributed by atoms with Gasteiger partial charge in [0, 0.05) is 18.8 Å².